The Hall–Kier alpha value is -0.550. The molecule has 0 amide bonds. The summed E-state index contributed by atoms with van der Waals surface area (Å²) >= 11 is 0. The fraction of sp³-hybridized carbons (Fsp3) is 0.778. The molecule has 0 aliphatic heterocycles. The van der Waals surface area contributed by atoms with Crippen LogP contribution in [0.25, 0.3) is 0 Å². The Morgan fingerprint density at radius 3 is 1.31 bits per heavy atom. The van der Waals surface area contributed by atoms with Gasteiger partial charge in [0.2, 0.25) is 0 Å². The third-order valence-electron chi connectivity index (χ3n) is 6.26. The van der Waals surface area contributed by atoms with E-state index in [1.807, 2.05) is 0 Å². The fourth-order valence-corrected chi connectivity index (χ4v) is 9.43. The highest BCUT2D eigenvalue weighted by molar-refractivity contribution is 7.75. The van der Waals surface area contributed by atoms with Gasteiger partial charge in [-0.15, -0.1) is 0 Å². The van der Waals surface area contributed by atoms with Crippen LogP contribution in [0.3, 0.4) is 0 Å². The van der Waals surface area contributed by atoms with Crippen molar-refractivity contribution in [3.05, 3.63) is 28.8 Å². The topological polar surface area (TPSA) is 20.2 Å². The number of rotatable bonds is 11. The molecule has 0 atom stereocenters. The van der Waals surface area contributed by atoms with E-state index >= 15 is 0 Å². The standard InChI is InChI=1S/C27H49OP/c1-10-13-16-29(17-14-11-2,18-15-12-3)21-22-19-23(26(4,5)6)25(28)24(20-22)27(7,8)9/h19-20H,10-18,21H2,1-9H3/p+1. The SMILES string of the molecule is CCCC[P+](CCCC)(CCCC)Cc1cc(C(C)(C)C)c(O)c(C(C)(C)C)c1. The van der Waals surface area contributed by atoms with Crippen LogP contribution in [-0.4, -0.2) is 23.6 Å². The van der Waals surface area contributed by atoms with E-state index in [0.29, 0.717) is 5.75 Å². The molecule has 0 aliphatic rings. The van der Waals surface area contributed by atoms with E-state index in [1.54, 1.807) is 0 Å². The zero-order valence-electron chi connectivity index (χ0n) is 21.1. The van der Waals surface area contributed by atoms with Gasteiger partial charge >= 0.3 is 0 Å². The third kappa shape index (κ3) is 7.90. The van der Waals surface area contributed by atoms with Crippen LogP contribution < -0.4 is 0 Å². The molecule has 1 aromatic rings. The quantitative estimate of drug-likeness (QED) is 0.354. The van der Waals surface area contributed by atoms with Crippen LogP contribution in [0.4, 0.5) is 0 Å². The van der Waals surface area contributed by atoms with Crippen molar-refractivity contribution in [1.82, 2.24) is 0 Å². The molecule has 2 heteroatoms. The van der Waals surface area contributed by atoms with Crippen LogP contribution >= 0.6 is 7.26 Å². The lowest BCUT2D eigenvalue weighted by Crippen LogP contribution is -2.19. The predicted octanol–water partition coefficient (Wildman–Crippen LogP) is 8.91. The monoisotopic (exact) mass is 421 g/mol. The molecule has 168 valence electrons. The number of unbranched alkanes of at least 4 members (excludes halogenated alkanes) is 3. The van der Waals surface area contributed by atoms with E-state index in [9.17, 15) is 5.11 Å². The molecule has 0 fully saturated rings. The van der Waals surface area contributed by atoms with Gasteiger partial charge in [-0.25, -0.2) is 0 Å². The van der Waals surface area contributed by atoms with Crippen molar-refractivity contribution in [2.45, 2.75) is 118 Å². The number of aromatic hydroxyl groups is 1. The Bertz CT molecular complexity index is 562. The molecule has 1 N–H and O–H groups in total. The molecule has 1 nitrogen and oxygen atoms in total. The second-order valence-electron chi connectivity index (χ2n) is 11.3. The summed E-state index contributed by atoms with van der Waals surface area (Å²) in [6.45, 7) is 20.4. The number of phenols is 1. The average molecular weight is 422 g/mol. The Labute approximate surface area is 183 Å². The molecule has 0 aliphatic carbocycles. The second-order valence-corrected chi connectivity index (χ2v) is 15.6. The fourth-order valence-electron chi connectivity index (χ4n) is 4.37. The molecule has 0 heterocycles. The highest BCUT2D eigenvalue weighted by Crippen LogP contribution is 2.63. The molecule has 0 spiro atoms. The zero-order valence-corrected chi connectivity index (χ0v) is 22.0. The minimum absolute atomic E-state index is 0.0442. The van der Waals surface area contributed by atoms with Gasteiger partial charge in [0.05, 0.1) is 24.6 Å². The van der Waals surface area contributed by atoms with Crippen molar-refractivity contribution in [2.24, 2.45) is 0 Å². The summed E-state index contributed by atoms with van der Waals surface area (Å²) < 4.78 is 0. The van der Waals surface area contributed by atoms with E-state index in [0.717, 1.165) is 11.1 Å². The van der Waals surface area contributed by atoms with E-state index in [4.69, 9.17) is 0 Å². The third-order valence-corrected chi connectivity index (χ3v) is 11.1. The van der Waals surface area contributed by atoms with E-state index < -0.39 is 7.26 Å². The number of benzene rings is 1. The van der Waals surface area contributed by atoms with Gasteiger partial charge in [0, 0.05) is 7.26 Å². The second kappa shape index (κ2) is 11.2. The van der Waals surface area contributed by atoms with Gasteiger partial charge in [0.25, 0.3) is 0 Å². The van der Waals surface area contributed by atoms with Crippen LogP contribution in [0.5, 0.6) is 5.75 Å². The summed E-state index contributed by atoms with van der Waals surface area (Å²) in [5.74, 6) is 0.522. The van der Waals surface area contributed by atoms with Crippen molar-refractivity contribution in [3.63, 3.8) is 0 Å². The average Bonchev–Trinajstić information content (AvgIpc) is 2.62. The van der Waals surface area contributed by atoms with Gasteiger partial charge < -0.3 is 5.11 Å². The van der Waals surface area contributed by atoms with Crippen molar-refractivity contribution in [3.8, 4) is 5.75 Å². The van der Waals surface area contributed by atoms with Gasteiger partial charge in [0.15, 0.2) is 0 Å². The lowest BCUT2D eigenvalue weighted by atomic mass is 9.78. The minimum Gasteiger partial charge on any atom is -0.507 e. The Kier molecular flexibility index (Phi) is 10.2. The summed E-state index contributed by atoms with van der Waals surface area (Å²) in [4.78, 5) is 0. The summed E-state index contributed by atoms with van der Waals surface area (Å²) in [7, 11) is -1.01. The van der Waals surface area contributed by atoms with Crippen molar-refractivity contribution in [2.75, 3.05) is 18.5 Å². The number of hydrogen-bond acceptors (Lipinski definition) is 1. The molecule has 1 aromatic carbocycles. The van der Waals surface area contributed by atoms with Crippen LogP contribution in [0.1, 0.15) is 118 Å². The smallest absolute Gasteiger partial charge is 0.123 e. The maximum Gasteiger partial charge on any atom is 0.123 e. The molecule has 1 rings (SSSR count). The molecule has 0 radical (unpaired) electrons. The van der Waals surface area contributed by atoms with E-state index in [1.165, 1.54) is 68.7 Å². The highest BCUT2D eigenvalue weighted by Gasteiger charge is 2.37. The van der Waals surface area contributed by atoms with Crippen LogP contribution in [0.2, 0.25) is 0 Å². The first-order valence-electron chi connectivity index (χ1n) is 12.1. The number of phenolic OH excluding ortho intramolecular Hbond substituents is 1. The maximum atomic E-state index is 11.1. The van der Waals surface area contributed by atoms with Crippen molar-refractivity contribution < 1.29 is 5.11 Å². The summed E-state index contributed by atoms with van der Waals surface area (Å²) in [5.41, 5.74) is 3.64. The van der Waals surface area contributed by atoms with Crippen molar-refractivity contribution in [1.29, 1.82) is 0 Å². The summed E-state index contributed by atoms with van der Waals surface area (Å²) in [6, 6.07) is 4.70. The molecule has 0 bridgehead atoms. The first-order chi connectivity index (χ1) is 13.4. The molecule has 0 saturated carbocycles. The van der Waals surface area contributed by atoms with Gasteiger partial charge in [-0.2, -0.15) is 0 Å². The molecular weight excluding hydrogens is 371 g/mol. The first-order valence-corrected chi connectivity index (χ1v) is 14.6. The normalized spacial score (nSPS) is 13.1. The summed E-state index contributed by atoms with van der Waals surface area (Å²) in [6.07, 6.45) is 13.6. The molecule has 0 aromatic heterocycles. The predicted molar refractivity (Wildman–Crippen MR) is 135 cm³/mol. The van der Waals surface area contributed by atoms with Crippen LogP contribution in [-0.2, 0) is 17.0 Å². The first kappa shape index (κ1) is 26.5. The molecular formula is C27H50OP+. The minimum atomic E-state index is -1.01. The van der Waals surface area contributed by atoms with E-state index in [-0.39, 0.29) is 10.8 Å². The maximum absolute atomic E-state index is 11.1. The summed E-state index contributed by atoms with van der Waals surface area (Å²) in [5, 5.41) is 11.1. The van der Waals surface area contributed by atoms with Gasteiger partial charge in [-0.05, 0) is 58.9 Å². The largest absolute Gasteiger partial charge is 0.507 e. The Balaban J connectivity index is 3.48. The lowest BCUT2D eigenvalue weighted by molar-refractivity contribution is 0.423. The molecule has 0 unspecified atom stereocenters. The van der Waals surface area contributed by atoms with Gasteiger partial charge in [-0.3, -0.25) is 0 Å². The van der Waals surface area contributed by atoms with E-state index in [2.05, 4.69) is 74.4 Å². The Morgan fingerprint density at radius 2 is 1.03 bits per heavy atom. The lowest BCUT2D eigenvalue weighted by Gasteiger charge is -2.31. The molecule has 0 saturated heterocycles. The van der Waals surface area contributed by atoms with Crippen LogP contribution in [0, 0.1) is 0 Å². The highest BCUT2D eigenvalue weighted by atomic mass is 31.2. The number of hydrogen-bond donors (Lipinski definition) is 1. The van der Waals surface area contributed by atoms with Gasteiger partial charge in [0.1, 0.15) is 5.75 Å². The van der Waals surface area contributed by atoms with Crippen molar-refractivity contribution >= 4 is 7.26 Å². The zero-order chi connectivity index (χ0) is 22.3. The van der Waals surface area contributed by atoms with Gasteiger partial charge in [-0.1, -0.05) is 81.6 Å². The Morgan fingerprint density at radius 1 is 0.690 bits per heavy atom. The van der Waals surface area contributed by atoms with Crippen LogP contribution in [0.15, 0.2) is 12.1 Å². The molecule has 29 heavy (non-hydrogen) atoms.